The number of pyridine rings is 1. The maximum absolute atomic E-state index is 13.0. The molecule has 31 heavy (non-hydrogen) atoms. The van der Waals surface area contributed by atoms with Crippen molar-refractivity contribution in [2.75, 3.05) is 18.5 Å². The molecule has 1 aliphatic carbocycles. The minimum Gasteiger partial charge on any atom is -0.382 e. The highest BCUT2D eigenvalue weighted by atomic mass is 16.5. The van der Waals surface area contributed by atoms with Crippen molar-refractivity contribution in [3.05, 3.63) is 47.8 Å². The summed E-state index contributed by atoms with van der Waals surface area (Å²) in [6, 6.07) is 9.93. The van der Waals surface area contributed by atoms with Crippen LogP contribution in [0.1, 0.15) is 42.6 Å². The van der Waals surface area contributed by atoms with Gasteiger partial charge >= 0.3 is 0 Å². The van der Waals surface area contributed by atoms with Gasteiger partial charge in [0.2, 0.25) is 0 Å². The molecule has 1 aliphatic heterocycles. The van der Waals surface area contributed by atoms with Crippen molar-refractivity contribution >= 4 is 17.1 Å². The highest BCUT2D eigenvalue weighted by Gasteiger charge is 2.50. The van der Waals surface area contributed by atoms with E-state index in [9.17, 15) is 4.79 Å². The molecule has 8 heteroatoms. The number of anilines is 1. The van der Waals surface area contributed by atoms with E-state index in [2.05, 4.69) is 26.8 Å². The Bertz CT molecular complexity index is 1200. The van der Waals surface area contributed by atoms with Crippen LogP contribution in [0.4, 0.5) is 5.69 Å². The van der Waals surface area contributed by atoms with Gasteiger partial charge in [-0.25, -0.2) is 4.52 Å². The summed E-state index contributed by atoms with van der Waals surface area (Å²) in [5.41, 5.74) is 4.38. The fraction of sp³-hybridized carbons (Fsp3) is 0.391. The van der Waals surface area contributed by atoms with Crippen molar-refractivity contribution in [2.24, 2.45) is 5.41 Å². The number of amides is 1. The summed E-state index contributed by atoms with van der Waals surface area (Å²) in [6.07, 6.45) is 5.11. The third kappa shape index (κ3) is 3.51. The number of nitriles is 1. The van der Waals surface area contributed by atoms with Crippen molar-refractivity contribution in [2.45, 2.75) is 38.8 Å². The van der Waals surface area contributed by atoms with Crippen LogP contribution in [-0.2, 0) is 4.74 Å². The second-order valence-electron chi connectivity index (χ2n) is 8.90. The van der Waals surface area contributed by atoms with E-state index in [1.807, 2.05) is 32.0 Å². The summed E-state index contributed by atoms with van der Waals surface area (Å²) >= 11 is 0. The Morgan fingerprint density at radius 2 is 2.10 bits per heavy atom. The molecule has 8 nitrogen and oxygen atoms in total. The van der Waals surface area contributed by atoms with E-state index in [0.29, 0.717) is 22.2 Å². The van der Waals surface area contributed by atoms with E-state index in [4.69, 9.17) is 10.00 Å². The van der Waals surface area contributed by atoms with Crippen LogP contribution >= 0.6 is 0 Å². The monoisotopic (exact) mass is 416 g/mol. The first-order valence-electron chi connectivity index (χ1n) is 10.5. The number of fused-ring (bicyclic) bond motifs is 1. The van der Waals surface area contributed by atoms with Gasteiger partial charge in [-0.05, 0) is 51.0 Å². The standard InChI is InChI=1S/C23H24N6O2/c1-14(2)27-19-6-20(21-4-3-17-5-15(9-24)10-26-29(17)21)25-11-18(19)22(30)28-16-7-23(8-16)12-31-13-23/h3-6,10-11,14,16H,7-8,12-13H2,1-2H3,(H,25,27)(H,28,30). The number of nitrogens with one attached hydrogen (secondary N) is 2. The van der Waals surface area contributed by atoms with Crippen LogP contribution in [0.3, 0.4) is 0 Å². The number of hydrogen-bond acceptors (Lipinski definition) is 6. The molecule has 0 atom stereocenters. The zero-order chi connectivity index (χ0) is 21.6. The van der Waals surface area contributed by atoms with Gasteiger partial charge in [0.25, 0.3) is 5.91 Å². The number of hydrogen-bond donors (Lipinski definition) is 2. The number of rotatable bonds is 5. The molecule has 0 radical (unpaired) electrons. The maximum atomic E-state index is 13.0. The van der Waals surface area contributed by atoms with Crippen LogP contribution in [-0.4, -0.2) is 45.8 Å². The van der Waals surface area contributed by atoms with E-state index in [1.165, 1.54) is 6.20 Å². The van der Waals surface area contributed by atoms with Crippen molar-refractivity contribution in [3.8, 4) is 17.5 Å². The molecule has 1 saturated heterocycles. The molecule has 4 heterocycles. The minimum absolute atomic E-state index is 0.112. The second kappa shape index (κ2) is 7.36. The Morgan fingerprint density at radius 1 is 1.29 bits per heavy atom. The van der Waals surface area contributed by atoms with Crippen LogP contribution in [0, 0.1) is 16.7 Å². The average molecular weight is 416 g/mol. The van der Waals surface area contributed by atoms with Gasteiger partial charge in [0.1, 0.15) is 6.07 Å². The topological polar surface area (TPSA) is 104 Å². The molecular weight excluding hydrogens is 392 g/mol. The summed E-state index contributed by atoms with van der Waals surface area (Å²) < 4.78 is 7.06. The lowest BCUT2D eigenvalue weighted by molar-refractivity contribution is -0.165. The van der Waals surface area contributed by atoms with Crippen molar-refractivity contribution in [1.82, 2.24) is 19.9 Å². The lowest BCUT2D eigenvalue weighted by Crippen LogP contribution is -2.59. The quantitative estimate of drug-likeness (QED) is 0.663. The molecule has 2 aliphatic rings. The Morgan fingerprint density at radius 3 is 2.77 bits per heavy atom. The highest BCUT2D eigenvalue weighted by Crippen LogP contribution is 2.47. The Balaban J connectivity index is 1.43. The predicted molar refractivity (Wildman–Crippen MR) is 116 cm³/mol. The third-order valence-corrected chi connectivity index (χ3v) is 6.00. The highest BCUT2D eigenvalue weighted by molar-refractivity contribution is 6.00. The molecule has 5 rings (SSSR count). The number of aromatic nitrogens is 3. The Labute approximate surface area is 180 Å². The largest absolute Gasteiger partial charge is 0.382 e. The summed E-state index contributed by atoms with van der Waals surface area (Å²) in [4.78, 5) is 17.5. The first-order valence-corrected chi connectivity index (χ1v) is 10.5. The SMILES string of the molecule is CC(C)Nc1cc(-c2ccc3cc(C#N)cnn23)ncc1C(=O)NC1CC2(COC2)C1. The van der Waals surface area contributed by atoms with E-state index in [-0.39, 0.29) is 18.0 Å². The summed E-state index contributed by atoms with van der Waals surface area (Å²) in [5.74, 6) is -0.112. The van der Waals surface area contributed by atoms with E-state index >= 15 is 0 Å². The van der Waals surface area contributed by atoms with Crippen LogP contribution in [0.15, 0.2) is 36.7 Å². The summed E-state index contributed by atoms with van der Waals surface area (Å²) in [5, 5.41) is 20.0. The zero-order valence-electron chi connectivity index (χ0n) is 17.6. The normalized spacial score (nSPS) is 17.2. The van der Waals surface area contributed by atoms with E-state index in [1.54, 1.807) is 16.8 Å². The predicted octanol–water partition coefficient (Wildman–Crippen LogP) is 3.00. The molecule has 0 aromatic carbocycles. The lowest BCUT2D eigenvalue weighted by atomic mass is 9.64. The van der Waals surface area contributed by atoms with Crippen LogP contribution in [0.5, 0.6) is 0 Å². The van der Waals surface area contributed by atoms with Gasteiger partial charge in [0.05, 0.1) is 53.1 Å². The van der Waals surface area contributed by atoms with Gasteiger partial charge in [-0.3, -0.25) is 9.78 Å². The molecule has 3 aromatic rings. The number of ether oxygens (including phenoxy) is 1. The summed E-state index contributed by atoms with van der Waals surface area (Å²) in [7, 11) is 0. The van der Waals surface area contributed by atoms with Gasteiger partial charge in [0, 0.05) is 23.7 Å². The van der Waals surface area contributed by atoms with Crippen LogP contribution in [0.2, 0.25) is 0 Å². The molecule has 2 N–H and O–H groups in total. The molecule has 2 fully saturated rings. The first-order chi connectivity index (χ1) is 15.0. The lowest BCUT2D eigenvalue weighted by Gasteiger charge is -2.53. The van der Waals surface area contributed by atoms with Crippen molar-refractivity contribution < 1.29 is 9.53 Å². The van der Waals surface area contributed by atoms with Gasteiger partial charge in [-0.2, -0.15) is 10.4 Å². The fourth-order valence-electron chi connectivity index (χ4n) is 4.44. The molecule has 1 saturated carbocycles. The second-order valence-corrected chi connectivity index (χ2v) is 8.90. The number of carbonyl (C=O) groups excluding carboxylic acids is 1. The van der Waals surface area contributed by atoms with Crippen molar-refractivity contribution in [3.63, 3.8) is 0 Å². The smallest absolute Gasteiger partial charge is 0.255 e. The van der Waals surface area contributed by atoms with E-state index in [0.717, 1.165) is 43.0 Å². The third-order valence-electron chi connectivity index (χ3n) is 6.00. The number of nitrogens with zero attached hydrogens (tertiary/aromatic N) is 4. The van der Waals surface area contributed by atoms with Crippen molar-refractivity contribution in [1.29, 1.82) is 5.26 Å². The van der Waals surface area contributed by atoms with E-state index < -0.39 is 0 Å². The maximum Gasteiger partial charge on any atom is 0.255 e. The average Bonchev–Trinajstić information content (AvgIpc) is 3.11. The summed E-state index contributed by atoms with van der Waals surface area (Å²) in [6.45, 7) is 5.69. The Kier molecular flexibility index (Phi) is 4.63. The fourth-order valence-corrected chi connectivity index (χ4v) is 4.44. The number of carbonyl (C=O) groups is 1. The molecule has 158 valence electrons. The molecule has 0 unspecified atom stereocenters. The van der Waals surface area contributed by atoms with Crippen LogP contribution < -0.4 is 10.6 Å². The first kappa shape index (κ1) is 19.5. The molecule has 0 bridgehead atoms. The van der Waals surface area contributed by atoms with Crippen LogP contribution in [0.25, 0.3) is 16.9 Å². The van der Waals surface area contributed by atoms with Gasteiger partial charge < -0.3 is 15.4 Å². The Hall–Kier alpha value is -3.44. The molecule has 1 spiro atoms. The molecular formula is C23H24N6O2. The minimum atomic E-state index is -0.112. The van der Waals surface area contributed by atoms with Gasteiger partial charge in [-0.1, -0.05) is 0 Å². The van der Waals surface area contributed by atoms with Gasteiger partial charge in [0.15, 0.2) is 0 Å². The zero-order valence-corrected chi connectivity index (χ0v) is 17.6. The molecule has 1 amide bonds. The molecule has 3 aromatic heterocycles. The van der Waals surface area contributed by atoms with Gasteiger partial charge in [-0.15, -0.1) is 0 Å².